The van der Waals surface area contributed by atoms with Gasteiger partial charge in [0.25, 0.3) is 0 Å². The first-order valence-electron chi connectivity index (χ1n) is 4.77. The van der Waals surface area contributed by atoms with Crippen molar-refractivity contribution >= 4 is 0 Å². The Kier molecular flexibility index (Phi) is 1.90. The highest BCUT2D eigenvalue weighted by molar-refractivity contribution is 4.97. The normalized spacial score (nSPS) is 36.3. The first-order chi connectivity index (χ1) is 5.31. The standard InChI is InChI=1S/C9H17NO/c11-9(5-1-2-6-9)8-4-3-7-10-8/h8,10-11H,1-7H2/t8-/m1/s1. The molecule has 2 nitrogen and oxygen atoms in total. The molecule has 1 heterocycles. The highest BCUT2D eigenvalue weighted by Gasteiger charge is 2.40. The Labute approximate surface area is 68.0 Å². The number of rotatable bonds is 1. The molecule has 0 radical (unpaired) electrons. The van der Waals surface area contributed by atoms with Crippen LogP contribution in [0.2, 0.25) is 0 Å². The molecule has 11 heavy (non-hydrogen) atoms. The van der Waals surface area contributed by atoms with Gasteiger partial charge in [0.1, 0.15) is 0 Å². The quantitative estimate of drug-likeness (QED) is 0.593. The average molecular weight is 155 g/mol. The van der Waals surface area contributed by atoms with E-state index in [0.29, 0.717) is 6.04 Å². The molecule has 0 unspecified atom stereocenters. The summed E-state index contributed by atoms with van der Waals surface area (Å²) in [4.78, 5) is 0. The predicted octanol–water partition coefficient (Wildman–Crippen LogP) is 1.04. The highest BCUT2D eigenvalue weighted by Crippen LogP contribution is 2.35. The molecule has 0 aromatic heterocycles. The first kappa shape index (κ1) is 7.56. The summed E-state index contributed by atoms with van der Waals surface area (Å²) in [7, 11) is 0. The van der Waals surface area contributed by atoms with Gasteiger partial charge in [-0.2, -0.15) is 0 Å². The van der Waals surface area contributed by atoms with E-state index in [-0.39, 0.29) is 5.60 Å². The monoisotopic (exact) mass is 155 g/mol. The SMILES string of the molecule is OC1([C@H]2CCCN2)CCCC1. The van der Waals surface area contributed by atoms with E-state index < -0.39 is 0 Å². The third kappa shape index (κ3) is 1.30. The third-order valence-corrected chi connectivity index (χ3v) is 3.18. The van der Waals surface area contributed by atoms with E-state index in [1.54, 1.807) is 0 Å². The number of hydrogen-bond acceptors (Lipinski definition) is 2. The Balaban J connectivity index is 2.00. The Bertz CT molecular complexity index is 134. The first-order valence-corrected chi connectivity index (χ1v) is 4.77. The molecular formula is C9H17NO. The molecule has 2 rings (SSSR count). The summed E-state index contributed by atoms with van der Waals surface area (Å²) >= 11 is 0. The Morgan fingerprint density at radius 2 is 1.91 bits per heavy atom. The van der Waals surface area contributed by atoms with Gasteiger partial charge in [-0.05, 0) is 32.2 Å². The van der Waals surface area contributed by atoms with Gasteiger partial charge in [0, 0.05) is 6.04 Å². The molecule has 0 aromatic carbocycles. The molecule has 1 atom stereocenters. The molecule has 64 valence electrons. The fraction of sp³-hybridized carbons (Fsp3) is 1.00. The summed E-state index contributed by atoms with van der Waals surface area (Å²) in [6.07, 6.45) is 6.89. The molecule has 0 spiro atoms. The molecular weight excluding hydrogens is 138 g/mol. The lowest BCUT2D eigenvalue weighted by atomic mass is 9.91. The van der Waals surface area contributed by atoms with E-state index in [1.165, 1.54) is 25.7 Å². The molecule has 2 fully saturated rings. The summed E-state index contributed by atoms with van der Waals surface area (Å²) in [6, 6.07) is 0.407. The zero-order valence-electron chi connectivity index (χ0n) is 6.97. The van der Waals surface area contributed by atoms with Crippen molar-refractivity contribution in [1.29, 1.82) is 0 Å². The maximum atomic E-state index is 10.1. The van der Waals surface area contributed by atoms with Crippen LogP contribution in [-0.2, 0) is 0 Å². The molecule has 0 bridgehead atoms. The zero-order chi connectivity index (χ0) is 7.73. The smallest absolute Gasteiger partial charge is 0.0800 e. The van der Waals surface area contributed by atoms with E-state index >= 15 is 0 Å². The van der Waals surface area contributed by atoms with Crippen molar-refractivity contribution in [3.63, 3.8) is 0 Å². The van der Waals surface area contributed by atoms with Crippen LogP contribution in [0.1, 0.15) is 38.5 Å². The van der Waals surface area contributed by atoms with Gasteiger partial charge in [-0.15, -0.1) is 0 Å². The molecule has 0 aromatic rings. The van der Waals surface area contributed by atoms with Crippen molar-refractivity contribution in [3.05, 3.63) is 0 Å². The maximum Gasteiger partial charge on any atom is 0.0800 e. The second kappa shape index (κ2) is 2.76. The van der Waals surface area contributed by atoms with Gasteiger partial charge in [0.15, 0.2) is 0 Å². The minimum absolute atomic E-state index is 0.337. The largest absolute Gasteiger partial charge is 0.388 e. The zero-order valence-corrected chi connectivity index (χ0v) is 6.97. The second-order valence-electron chi connectivity index (χ2n) is 3.96. The van der Waals surface area contributed by atoms with Crippen LogP contribution in [0, 0.1) is 0 Å². The van der Waals surface area contributed by atoms with Crippen LogP contribution in [0.25, 0.3) is 0 Å². The Morgan fingerprint density at radius 1 is 1.18 bits per heavy atom. The fourth-order valence-electron chi connectivity index (χ4n) is 2.48. The highest BCUT2D eigenvalue weighted by atomic mass is 16.3. The Hall–Kier alpha value is -0.0800. The summed E-state index contributed by atoms with van der Waals surface area (Å²) in [5.74, 6) is 0. The van der Waals surface area contributed by atoms with Gasteiger partial charge in [0.05, 0.1) is 5.60 Å². The van der Waals surface area contributed by atoms with Gasteiger partial charge in [-0.3, -0.25) is 0 Å². The van der Waals surface area contributed by atoms with Crippen molar-refractivity contribution < 1.29 is 5.11 Å². The van der Waals surface area contributed by atoms with Crippen LogP contribution in [-0.4, -0.2) is 23.3 Å². The van der Waals surface area contributed by atoms with E-state index in [0.717, 1.165) is 19.4 Å². The molecule has 1 aliphatic carbocycles. The van der Waals surface area contributed by atoms with Crippen LogP contribution >= 0.6 is 0 Å². The van der Waals surface area contributed by atoms with Crippen LogP contribution in [0.5, 0.6) is 0 Å². The van der Waals surface area contributed by atoms with Crippen LogP contribution in [0.15, 0.2) is 0 Å². The van der Waals surface area contributed by atoms with E-state index in [9.17, 15) is 5.11 Å². The van der Waals surface area contributed by atoms with Gasteiger partial charge < -0.3 is 10.4 Å². The average Bonchev–Trinajstić information content (AvgIpc) is 2.55. The topological polar surface area (TPSA) is 32.3 Å². The summed E-state index contributed by atoms with van der Waals surface area (Å²) in [5, 5.41) is 13.5. The number of hydrogen-bond donors (Lipinski definition) is 2. The summed E-state index contributed by atoms with van der Waals surface area (Å²) in [6.45, 7) is 1.10. The van der Waals surface area contributed by atoms with Crippen LogP contribution in [0.3, 0.4) is 0 Å². The van der Waals surface area contributed by atoms with Gasteiger partial charge in [-0.1, -0.05) is 12.8 Å². The maximum absolute atomic E-state index is 10.1. The minimum atomic E-state index is -0.337. The molecule has 2 N–H and O–H groups in total. The second-order valence-corrected chi connectivity index (χ2v) is 3.96. The molecule has 1 aliphatic heterocycles. The molecule has 2 heteroatoms. The lowest BCUT2D eigenvalue weighted by Crippen LogP contribution is -2.45. The fourth-order valence-corrected chi connectivity index (χ4v) is 2.48. The molecule has 0 amide bonds. The van der Waals surface area contributed by atoms with Gasteiger partial charge in [0.2, 0.25) is 0 Å². The van der Waals surface area contributed by atoms with E-state index in [2.05, 4.69) is 5.32 Å². The van der Waals surface area contributed by atoms with Crippen LogP contribution < -0.4 is 5.32 Å². The van der Waals surface area contributed by atoms with Crippen molar-refractivity contribution in [2.75, 3.05) is 6.54 Å². The molecule has 1 saturated heterocycles. The van der Waals surface area contributed by atoms with Crippen molar-refractivity contribution in [1.82, 2.24) is 5.32 Å². The lowest BCUT2D eigenvalue weighted by Gasteiger charge is -2.29. The predicted molar refractivity (Wildman–Crippen MR) is 44.4 cm³/mol. The van der Waals surface area contributed by atoms with Crippen molar-refractivity contribution in [3.8, 4) is 0 Å². The van der Waals surface area contributed by atoms with Gasteiger partial charge >= 0.3 is 0 Å². The van der Waals surface area contributed by atoms with Gasteiger partial charge in [-0.25, -0.2) is 0 Å². The minimum Gasteiger partial charge on any atom is -0.388 e. The number of nitrogens with one attached hydrogen (secondary N) is 1. The third-order valence-electron chi connectivity index (χ3n) is 3.18. The van der Waals surface area contributed by atoms with E-state index in [4.69, 9.17) is 0 Å². The van der Waals surface area contributed by atoms with Crippen molar-refractivity contribution in [2.45, 2.75) is 50.2 Å². The summed E-state index contributed by atoms with van der Waals surface area (Å²) < 4.78 is 0. The van der Waals surface area contributed by atoms with Crippen LogP contribution in [0.4, 0.5) is 0 Å². The number of aliphatic hydroxyl groups is 1. The molecule has 2 aliphatic rings. The van der Waals surface area contributed by atoms with E-state index in [1.807, 2.05) is 0 Å². The summed E-state index contributed by atoms with van der Waals surface area (Å²) in [5.41, 5.74) is -0.337. The van der Waals surface area contributed by atoms with Crippen molar-refractivity contribution in [2.24, 2.45) is 0 Å². The Morgan fingerprint density at radius 3 is 2.45 bits per heavy atom. The lowest BCUT2D eigenvalue weighted by molar-refractivity contribution is 0.0144. The molecule has 1 saturated carbocycles.